The molecule has 1 unspecified atom stereocenters. The largest absolute Gasteiger partial charge is 0.360 e. The van der Waals surface area contributed by atoms with Crippen LogP contribution in [0.1, 0.15) is 6.42 Å². The van der Waals surface area contributed by atoms with E-state index in [1.165, 1.54) is 0 Å². The van der Waals surface area contributed by atoms with Crippen molar-refractivity contribution in [1.82, 2.24) is 0 Å². The van der Waals surface area contributed by atoms with Gasteiger partial charge in [-0.2, -0.15) is 17.6 Å². The Morgan fingerprint density at radius 2 is 1.57 bits per heavy atom. The highest BCUT2D eigenvalue weighted by atomic mass is 32.2. The summed E-state index contributed by atoms with van der Waals surface area (Å²) in [5, 5.41) is -9.84. The molecule has 0 aromatic rings. The van der Waals surface area contributed by atoms with Crippen molar-refractivity contribution in [1.29, 1.82) is 0 Å². The van der Waals surface area contributed by atoms with Crippen LogP contribution in [0.5, 0.6) is 0 Å². The lowest BCUT2D eigenvalue weighted by Gasteiger charge is -2.15. The predicted octanol–water partition coefficient (Wildman–Crippen LogP) is 1.87. The molecule has 0 radical (unpaired) electrons. The zero-order valence-electron chi connectivity index (χ0n) is 6.35. The van der Waals surface area contributed by atoms with Crippen LogP contribution in [0, 0.1) is 5.92 Å². The summed E-state index contributed by atoms with van der Waals surface area (Å²) in [4.78, 5) is 0. The molecule has 0 N–H and O–H groups in total. The highest BCUT2D eigenvalue weighted by molar-refractivity contribution is 7.93. The average molecular weight is 242 g/mol. The van der Waals surface area contributed by atoms with E-state index in [9.17, 15) is 34.8 Å². The molecule has 0 aromatic carbocycles. The van der Waals surface area contributed by atoms with E-state index in [1.54, 1.807) is 0 Å². The summed E-state index contributed by atoms with van der Waals surface area (Å²) in [7, 11) is -6.14. The molecule has 1 aliphatic heterocycles. The third-order valence-electron chi connectivity index (χ3n) is 1.94. The molecule has 0 aliphatic carbocycles. The van der Waals surface area contributed by atoms with Crippen molar-refractivity contribution in [3.8, 4) is 0 Å². The van der Waals surface area contributed by atoms with Gasteiger partial charge in [-0.25, -0.2) is 17.2 Å². The molecule has 2 nitrogen and oxygen atoms in total. The molecule has 84 valence electrons. The highest BCUT2D eigenvalue weighted by Gasteiger charge is 2.74. The van der Waals surface area contributed by atoms with Gasteiger partial charge in [0, 0.05) is 6.42 Å². The summed E-state index contributed by atoms with van der Waals surface area (Å²) >= 11 is 0. The van der Waals surface area contributed by atoms with E-state index >= 15 is 0 Å². The number of sulfone groups is 1. The van der Waals surface area contributed by atoms with E-state index in [1.807, 2.05) is 0 Å². The minimum absolute atomic E-state index is 2.04. The Balaban J connectivity index is 3.26. The molecule has 1 atom stereocenters. The van der Waals surface area contributed by atoms with Crippen molar-refractivity contribution in [2.75, 3.05) is 0 Å². The maximum absolute atomic E-state index is 12.6. The van der Waals surface area contributed by atoms with E-state index in [0.29, 0.717) is 0 Å². The standard InChI is InChI=1S/C5H4F6O2S/c6-3(7)2-1-4(8,9)14(12,13)5(2,10)11/h2-3H,1H2. The summed E-state index contributed by atoms with van der Waals surface area (Å²) in [5.41, 5.74) is 0. The average Bonchev–Trinajstić information content (AvgIpc) is 2.08. The van der Waals surface area contributed by atoms with Gasteiger partial charge in [-0.15, -0.1) is 0 Å². The molecule has 1 rings (SSSR count). The SMILES string of the molecule is O=S1(=O)C(F)(F)CC(C(F)F)C1(F)F. The first-order valence-electron chi connectivity index (χ1n) is 3.32. The summed E-state index contributed by atoms with van der Waals surface area (Å²) in [6, 6.07) is 0. The Morgan fingerprint density at radius 1 is 1.14 bits per heavy atom. The quantitative estimate of drug-likeness (QED) is 0.658. The third-order valence-corrected chi connectivity index (χ3v) is 3.92. The van der Waals surface area contributed by atoms with Gasteiger partial charge in [-0.1, -0.05) is 0 Å². The van der Waals surface area contributed by atoms with Gasteiger partial charge in [0.15, 0.2) is 0 Å². The van der Waals surface area contributed by atoms with Gasteiger partial charge < -0.3 is 0 Å². The first-order valence-corrected chi connectivity index (χ1v) is 4.80. The second kappa shape index (κ2) is 2.77. The zero-order valence-corrected chi connectivity index (χ0v) is 7.17. The number of hydrogen-bond donors (Lipinski definition) is 0. The van der Waals surface area contributed by atoms with Crippen molar-refractivity contribution in [2.24, 2.45) is 5.92 Å². The normalized spacial score (nSPS) is 33.5. The molecule has 14 heavy (non-hydrogen) atoms. The highest BCUT2D eigenvalue weighted by Crippen LogP contribution is 2.53. The lowest BCUT2D eigenvalue weighted by Crippen LogP contribution is -2.37. The predicted molar refractivity (Wildman–Crippen MR) is 32.9 cm³/mol. The van der Waals surface area contributed by atoms with Crippen LogP contribution in [-0.4, -0.2) is 25.4 Å². The van der Waals surface area contributed by atoms with E-state index in [-0.39, 0.29) is 0 Å². The number of rotatable bonds is 1. The Kier molecular flexibility index (Phi) is 2.29. The monoisotopic (exact) mass is 242 g/mol. The van der Waals surface area contributed by atoms with Crippen LogP contribution < -0.4 is 0 Å². The van der Waals surface area contributed by atoms with E-state index in [0.717, 1.165) is 0 Å². The number of halogens is 6. The zero-order chi connectivity index (χ0) is 11.4. The summed E-state index contributed by atoms with van der Waals surface area (Å²) < 4.78 is 94.5. The molecule has 1 aliphatic rings. The molecule has 0 amide bonds. The molecule has 1 saturated heterocycles. The molecule has 0 spiro atoms. The van der Waals surface area contributed by atoms with Crippen LogP contribution in [0.25, 0.3) is 0 Å². The summed E-state index contributed by atoms with van der Waals surface area (Å²) in [5.74, 6) is -3.14. The van der Waals surface area contributed by atoms with Crippen molar-refractivity contribution in [3.05, 3.63) is 0 Å². The Hall–Kier alpha value is -0.470. The number of alkyl halides is 6. The van der Waals surface area contributed by atoms with Gasteiger partial charge in [-0.05, 0) is 0 Å². The van der Waals surface area contributed by atoms with E-state index in [2.05, 4.69) is 0 Å². The fraction of sp³-hybridized carbons (Fsp3) is 1.00. The van der Waals surface area contributed by atoms with Crippen molar-refractivity contribution >= 4 is 9.84 Å². The maximum Gasteiger partial charge on any atom is 0.360 e. The third kappa shape index (κ3) is 1.21. The van der Waals surface area contributed by atoms with Crippen LogP contribution in [0.4, 0.5) is 26.3 Å². The van der Waals surface area contributed by atoms with Gasteiger partial charge in [0.1, 0.15) is 5.92 Å². The molecule has 0 bridgehead atoms. The molecule has 1 heterocycles. The van der Waals surface area contributed by atoms with E-state index < -0.39 is 39.1 Å². The van der Waals surface area contributed by atoms with Crippen LogP contribution in [0.2, 0.25) is 0 Å². The van der Waals surface area contributed by atoms with Gasteiger partial charge in [0.05, 0.1) is 0 Å². The van der Waals surface area contributed by atoms with Crippen LogP contribution in [0.3, 0.4) is 0 Å². The van der Waals surface area contributed by atoms with Crippen LogP contribution >= 0.6 is 0 Å². The Labute approximate surface area is 74.8 Å². The van der Waals surface area contributed by atoms with E-state index in [4.69, 9.17) is 0 Å². The van der Waals surface area contributed by atoms with Crippen LogP contribution in [-0.2, 0) is 9.84 Å². The molecule has 9 heteroatoms. The molecule has 1 fully saturated rings. The fourth-order valence-corrected chi connectivity index (χ4v) is 2.50. The summed E-state index contributed by atoms with van der Waals surface area (Å²) in [6.45, 7) is 0. The summed E-state index contributed by atoms with van der Waals surface area (Å²) in [6.07, 6.45) is -5.84. The lowest BCUT2D eigenvalue weighted by molar-refractivity contribution is -0.0597. The van der Waals surface area contributed by atoms with Gasteiger partial charge >= 0.3 is 10.5 Å². The molecular weight excluding hydrogens is 238 g/mol. The minimum Gasteiger partial charge on any atom is -0.216 e. The first kappa shape index (κ1) is 11.6. The Morgan fingerprint density at radius 3 is 1.71 bits per heavy atom. The van der Waals surface area contributed by atoms with Gasteiger partial charge in [-0.3, -0.25) is 0 Å². The topological polar surface area (TPSA) is 34.1 Å². The van der Waals surface area contributed by atoms with Gasteiger partial charge in [0.2, 0.25) is 6.43 Å². The van der Waals surface area contributed by atoms with Crippen LogP contribution in [0.15, 0.2) is 0 Å². The minimum atomic E-state index is -6.14. The molecular formula is C5H4F6O2S. The smallest absolute Gasteiger partial charge is 0.216 e. The maximum atomic E-state index is 12.6. The molecule has 0 saturated carbocycles. The fourth-order valence-electron chi connectivity index (χ4n) is 1.12. The second-order valence-electron chi connectivity index (χ2n) is 2.85. The lowest BCUT2D eigenvalue weighted by atomic mass is 10.1. The second-order valence-corrected chi connectivity index (χ2v) is 5.00. The van der Waals surface area contributed by atoms with Gasteiger partial charge in [0.25, 0.3) is 9.84 Å². The van der Waals surface area contributed by atoms with Crippen molar-refractivity contribution in [2.45, 2.75) is 23.4 Å². The first-order chi connectivity index (χ1) is 6.04. The Bertz CT molecular complexity index is 334. The molecule has 0 aromatic heterocycles. The van der Waals surface area contributed by atoms with Crippen molar-refractivity contribution < 1.29 is 34.8 Å². The van der Waals surface area contributed by atoms with Crippen molar-refractivity contribution in [3.63, 3.8) is 0 Å². The number of hydrogen-bond acceptors (Lipinski definition) is 2.